The highest BCUT2D eigenvalue weighted by Gasteiger charge is 2.27. The summed E-state index contributed by atoms with van der Waals surface area (Å²) in [6.07, 6.45) is 0. The van der Waals surface area contributed by atoms with Crippen LogP contribution in [0.5, 0.6) is 0 Å². The predicted octanol–water partition coefficient (Wildman–Crippen LogP) is 1.43. The summed E-state index contributed by atoms with van der Waals surface area (Å²) in [6.45, 7) is 0. The van der Waals surface area contributed by atoms with Crippen LogP contribution in [0, 0.1) is 0 Å². The van der Waals surface area contributed by atoms with E-state index < -0.39 is 21.8 Å². The second-order valence-electron chi connectivity index (χ2n) is 4.08. The minimum absolute atomic E-state index is 0.168. The van der Waals surface area contributed by atoms with Crippen molar-refractivity contribution in [1.82, 2.24) is 5.32 Å². The van der Waals surface area contributed by atoms with Crippen molar-refractivity contribution in [1.29, 1.82) is 0 Å². The molecule has 6 nitrogen and oxygen atoms in total. The van der Waals surface area contributed by atoms with E-state index in [4.69, 9.17) is 0 Å². The van der Waals surface area contributed by atoms with Crippen LogP contribution in [0.1, 0.15) is 20.7 Å². The quantitative estimate of drug-likeness (QED) is 0.839. The van der Waals surface area contributed by atoms with Gasteiger partial charge in [-0.25, -0.2) is 8.42 Å². The lowest BCUT2D eigenvalue weighted by molar-refractivity contribution is 0.0879. The first-order valence-corrected chi connectivity index (χ1v) is 7.90. The zero-order valence-electron chi connectivity index (χ0n) is 9.91. The molecule has 0 radical (unpaired) electrons. The van der Waals surface area contributed by atoms with Crippen LogP contribution in [0.3, 0.4) is 0 Å². The molecule has 0 bridgehead atoms. The van der Waals surface area contributed by atoms with Crippen molar-refractivity contribution in [3.63, 3.8) is 0 Å². The first-order chi connectivity index (χ1) is 9.47. The Morgan fingerprint density at radius 2 is 1.80 bits per heavy atom. The molecule has 3 rings (SSSR count). The fraction of sp³-hybridized carbons (Fsp3) is 0. The van der Waals surface area contributed by atoms with Crippen LogP contribution in [0.2, 0.25) is 0 Å². The van der Waals surface area contributed by atoms with Crippen molar-refractivity contribution >= 4 is 38.9 Å². The lowest BCUT2D eigenvalue weighted by Crippen LogP contribution is -2.19. The monoisotopic (exact) mass is 308 g/mol. The van der Waals surface area contributed by atoms with Crippen molar-refractivity contribution < 1.29 is 18.0 Å². The Kier molecular flexibility index (Phi) is 2.84. The van der Waals surface area contributed by atoms with Crippen LogP contribution >= 0.6 is 11.3 Å². The summed E-state index contributed by atoms with van der Waals surface area (Å²) in [6, 6.07) is 7.33. The number of hydrogen-bond acceptors (Lipinski definition) is 5. The van der Waals surface area contributed by atoms with Gasteiger partial charge in [-0.05, 0) is 29.6 Å². The summed E-state index contributed by atoms with van der Waals surface area (Å²) in [4.78, 5) is 22.9. The van der Waals surface area contributed by atoms with Gasteiger partial charge < -0.3 is 0 Å². The Hall–Kier alpha value is -2.19. The molecule has 0 unspecified atom stereocenters. The fourth-order valence-corrected chi connectivity index (χ4v) is 3.90. The SMILES string of the molecule is O=C1NC(=O)c2cc(NS(=O)(=O)c3cccs3)ccc21. The molecule has 1 aromatic heterocycles. The van der Waals surface area contributed by atoms with Gasteiger partial charge in [0, 0.05) is 5.69 Å². The number of sulfonamides is 1. The number of carbonyl (C=O) groups is 2. The largest absolute Gasteiger partial charge is 0.288 e. The van der Waals surface area contributed by atoms with E-state index in [9.17, 15) is 18.0 Å². The van der Waals surface area contributed by atoms with Gasteiger partial charge in [0.15, 0.2) is 0 Å². The molecular weight excluding hydrogens is 300 g/mol. The Balaban J connectivity index is 1.96. The Labute approximate surface area is 118 Å². The predicted molar refractivity (Wildman–Crippen MR) is 73.4 cm³/mol. The number of anilines is 1. The van der Waals surface area contributed by atoms with Gasteiger partial charge in [0.2, 0.25) is 0 Å². The maximum absolute atomic E-state index is 12.0. The number of benzene rings is 1. The number of thiophene rings is 1. The first kappa shape index (κ1) is 12.8. The number of amides is 2. The van der Waals surface area contributed by atoms with Crippen molar-refractivity contribution in [3.8, 4) is 0 Å². The van der Waals surface area contributed by atoms with Crippen molar-refractivity contribution in [3.05, 3.63) is 46.8 Å². The molecule has 1 aliphatic rings. The fourth-order valence-electron chi connectivity index (χ4n) is 1.85. The lowest BCUT2D eigenvalue weighted by atomic mass is 10.1. The third-order valence-electron chi connectivity index (χ3n) is 2.75. The second-order valence-corrected chi connectivity index (χ2v) is 6.94. The summed E-state index contributed by atoms with van der Waals surface area (Å²) in [5.74, 6) is -1.00. The number of nitrogens with one attached hydrogen (secondary N) is 2. The number of imide groups is 1. The molecule has 1 aliphatic heterocycles. The van der Waals surface area contributed by atoms with Crippen LogP contribution < -0.4 is 10.0 Å². The van der Waals surface area contributed by atoms with Crippen molar-refractivity contribution in [2.24, 2.45) is 0 Å². The molecular formula is C12H8N2O4S2. The third kappa shape index (κ3) is 2.08. The van der Waals surface area contributed by atoms with Gasteiger partial charge >= 0.3 is 0 Å². The molecule has 102 valence electrons. The highest BCUT2D eigenvalue weighted by Crippen LogP contribution is 2.24. The average molecular weight is 308 g/mol. The smallest absolute Gasteiger partial charge is 0.271 e. The van der Waals surface area contributed by atoms with E-state index in [1.807, 2.05) is 0 Å². The van der Waals surface area contributed by atoms with E-state index in [-0.39, 0.29) is 21.0 Å². The summed E-state index contributed by atoms with van der Waals surface area (Å²) in [7, 11) is -3.67. The molecule has 1 aromatic carbocycles. The number of rotatable bonds is 3. The Morgan fingerprint density at radius 1 is 1.05 bits per heavy atom. The average Bonchev–Trinajstić information content (AvgIpc) is 2.99. The normalized spacial score (nSPS) is 14.0. The van der Waals surface area contributed by atoms with Gasteiger partial charge in [-0.15, -0.1) is 11.3 Å². The minimum atomic E-state index is -3.67. The van der Waals surface area contributed by atoms with E-state index in [1.165, 1.54) is 24.3 Å². The molecule has 0 fully saturated rings. The topological polar surface area (TPSA) is 92.3 Å². The van der Waals surface area contributed by atoms with Crippen LogP contribution in [-0.2, 0) is 10.0 Å². The van der Waals surface area contributed by atoms with Crippen LogP contribution in [0.15, 0.2) is 39.9 Å². The van der Waals surface area contributed by atoms with Crippen molar-refractivity contribution in [2.45, 2.75) is 4.21 Å². The van der Waals surface area contributed by atoms with Gasteiger partial charge in [0.05, 0.1) is 11.1 Å². The molecule has 0 spiro atoms. The number of fused-ring (bicyclic) bond motifs is 1. The number of hydrogen-bond donors (Lipinski definition) is 2. The van der Waals surface area contributed by atoms with E-state index in [2.05, 4.69) is 10.0 Å². The standard InChI is InChI=1S/C12H8N2O4S2/c15-11-8-4-3-7(6-9(8)12(16)13-11)14-20(17,18)10-2-1-5-19-10/h1-6,14H,(H,13,15,16). The Morgan fingerprint density at radius 3 is 2.50 bits per heavy atom. The van der Waals surface area contributed by atoms with Gasteiger partial charge in [-0.3, -0.25) is 19.6 Å². The summed E-state index contributed by atoms with van der Waals surface area (Å²) in [5, 5.41) is 3.80. The molecule has 0 atom stereocenters. The van der Waals surface area contributed by atoms with E-state index in [0.29, 0.717) is 0 Å². The zero-order valence-corrected chi connectivity index (χ0v) is 11.5. The summed E-state index contributed by atoms with van der Waals surface area (Å²) >= 11 is 1.09. The van der Waals surface area contributed by atoms with E-state index in [0.717, 1.165) is 11.3 Å². The van der Waals surface area contributed by atoms with Gasteiger partial charge in [0.1, 0.15) is 4.21 Å². The maximum atomic E-state index is 12.0. The molecule has 0 aliphatic carbocycles. The zero-order chi connectivity index (χ0) is 14.3. The second kappa shape index (κ2) is 4.43. The molecule has 0 saturated carbocycles. The molecule has 2 aromatic rings. The van der Waals surface area contributed by atoms with Gasteiger partial charge in [-0.1, -0.05) is 6.07 Å². The number of carbonyl (C=O) groups excluding carboxylic acids is 2. The molecule has 20 heavy (non-hydrogen) atoms. The lowest BCUT2D eigenvalue weighted by Gasteiger charge is -2.06. The Bertz CT molecular complexity index is 810. The van der Waals surface area contributed by atoms with E-state index >= 15 is 0 Å². The van der Waals surface area contributed by atoms with Crippen LogP contribution in [0.25, 0.3) is 0 Å². The molecule has 0 saturated heterocycles. The highest BCUT2D eigenvalue weighted by atomic mass is 32.2. The highest BCUT2D eigenvalue weighted by molar-refractivity contribution is 7.94. The first-order valence-electron chi connectivity index (χ1n) is 5.53. The van der Waals surface area contributed by atoms with Gasteiger partial charge in [0.25, 0.3) is 21.8 Å². The van der Waals surface area contributed by atoms with Crippen LogP contribution in [0.4, 0.5) is 5.69 Å². The third-order valence-corrected chi connectivity index (χ3v) is 5.53. The molecule has 8 heteroatoms. The van der Waals surface area contributed by atoms with E-state index in [1.54, 1.807) is 11.4 Å². The van der Waals surface area contributed by atoms with Crippen LogP contribution in [-0.4, -0.2) is 20.2 Å². The minimum Gasteiger partial charge on any atom is -0.288 e. The molecule has 2 heterocycles. The maximum Gasteiger partial charge on any atom is 0.271 e. The summed E-state index contributed by atoms with van der Waals surface area (Å²) < 4.78 is 26.6. The van der Waals surface area contributed by atoms with Gasteiger partial charge in [-0.2, -0.15) is 0 Å². The molecule has 2 amide bonds. The summed E-state index contributed by atoms with van der Waals surface area (Å²) in [5.41, 5.74) is 0.650. The molecule has 2 N–H and O–H groups in total. The van der Waals surface area contributed by atoms with Crippen molar-refractivity contribution in [2.75, 3.05) is 4.72 Å².